The SMILES string of the molecule is COC(C)(C)CC(N)Cc1ccc(Cl)cc1F. The van der Waals surface area contributed by atoms with Crippen LogP contribution in [0.2, 0.25) is 5.02 Å². The molecule has 0 amide bonds. The van der Waals surface area contributed by atoms with E-state index in [1.54, 1.807) is 19.2 Å². The highest BCUT2D eigenvalue weighted by Gasteiger charge is 2.21. The zero-order chi connectivity index (χ0) is 13.1. The van der Waals surface area contributed by atoms with Crippen LogP contribution < -0.4 is 5.73 Å². The van der Waals surface area contributed by atoms with Crippen LogP contribution in [0.5, 0.6) is 0 Å². The molecule has 1 aromatic rings. The van der Waals surface area contributed by atoms with Crippen molar-refractivity contribution < 1.29 is 9.13 Å². The van der Waals surface area contributed by atoms with Gasteiger partial charge in [0.05, 0.1) is 5.60 Å². The highest BCUT2D eigenvalue weighted by Crippen LogP contribution is 2.20. The van der Waals surface area contributed by atoms with Crippen molar-refractivity contribution in [3.63, 3.8) is 0 Å². The molecular formula is C13H19ClFNO. The second-order valence-electron chi connectivity index (χ2n) is 4.87. The Balaban J connectivity index is 2.65. The first-order valence-electron chi connectivity index (χ1n) is 5.59. The van der Waals surface area contributed by atoms with Crippen LogP contribution >= 0.6 is 11.6 Å². The van der Waals surface area contributed by atoms with Crippen molar-refractivity contribution in [2.75, 3.05) is 7.11 Å². The van der Waals surface area contributed by atoms with Gasteiger partial charge in [-0.25, -0.2) is 4.39 Å². The fraction of sp³-hybridized carbons (Fsp3) is 0.538. The fourth-order valence-electron chi connectivity index (χ4n) is 1.76. The highest BCUT2D eigenvalue weighted by molar-refractivity contribution is 6.30. The van der Waals surface area contributed by atoms with Crippen molar-refractivity contribution in [1.82, 2.24) is 0 Å². The predicted molar refractivity (Wildman–Crippen MR) is 68.8 cm³/mol. The first-order valence-corrected chi connectivity index (χ1v) is 5.96. The molecule has 0 bridgehead atoms. The normalized spacial score (nSPS) is 13.8. The van der Waals surface area contributed by atoms with E-state index in [0.717, 1.165) is 0 Å². The lowest BCUT2D eigenvalue weighted by atomic mass is 9.94. The molecule has 4 heteroatoms. The Hall–Kier alpha value is -0.640. The number of halogens is 2. The van der Waals surface area contributed by atoms with Gasteiger partial charge in [0.2, 0.25) is 0 Å². The molecule has 0 spiro atoms. The molecule has 0 saturated heterocycles. The monoisotopic (exact) mass is 259 g/mol. The number of nitrogens with two attached hydrogens (primary N) is 1. The average Bonchev–Trinajstić information content (AvgIpc) is 2.21. The third-order valence-corrected chi connectivity index (χ3v) is 3.04. The zero-order valence-electron chi connectivity index (χ0n) is 10.5. The molecule has 96 valence electrons. The molecule has 0 aromatic heterocycles. The minimum atomic E-state index is -0.303. The first kappa shape index (κ1) is 14.4. The van der Waals surface area contributed by atoms with E-state index in [0.29, 0.717) is 23.4 Å². The van der Waals surface area contributed by atoms with Crippen LogP contribution in [0.1, 0.15) is 25.8 Å². The summed E-state index contributed by atoms with van der Waals surface area (Å²) in [5, 5.41) is 0.400. The van der Waals surface area contributed by atoms with E-state index in [-0.39, 0.29) is 17.5 Å². The second-order valence-corrected chi connectivity index (χ2v) is 5.30. The van der Waals surface area contributed by atoms with Gasteiger partial charge in [0, 0.05) is 18.2 Å². The van der Waals surface area contributed by atoms with Gasteiger partial charge in [-0.15, -0.1) is 0 Å². The molecule has 0 aliphatic heterocycles. The van der Waals surface area contributed by atoms with Crippen LogP contribution in [0.3, 0.4) is 0 Å². The molecule has 2 nitrogen and oxygen atoms in total. The van der Waals surface area contributed by atoms with Gasteiger partial charge in [-0.3, -0.25) is 0 Å². The molecule has 1 unspecified atom stereocenters. The lowest BCUT2D eigenvalue weighted by Gasteiger charge is -2.26. The summed E-state index contributed by atoms with van der Waals surface area (Å²) >= 11 is 5.69. The van der Waals surface area contributed by atoms with E-state index in [4.69, 9.17) is 22.1 Å². The maximum atomic E-state index is 13.6. The number of ether oxygens (including phenoxy) is 1. The lowest BCUT2D eigenvalue weighted by Crippen LogP contribution is -2.35. The van der Waals surface area contributed by atoms with Crippen LogP contribution in [-0.2, 0) is 11.2 Å². The van der Waals surface area contributed by atoms with Gasteiger partial charge in [0.1, 0.15) is 5.82 Å². The quantitative estimate of drug-likeness (QED) is 0.882. The number of hydrogen-bond acceptors (Lipinski definition) is 2. The molecular weight excluding hydrogens is 241 g/mol. The van der Waals surface area contributed by atoms with Gasteiger partial charge in [0.15, 0.2) is 0 Å². The Morgan fingerprint density at radius 3 is 2.65 bits per heavy atom. The minimum Gasteiger partial charge on any atom is -0.379 e. The largest absolute Gasteiger partial charge is 0.379 e. The van der Waals surface area contributed by atoms with E-state index >= 15 is 0 Å². The van der Waals surface area contributed by atoms with Crippen molar-refractivity contribution >= 4 is 11.6 Å². The van der Waals surface area contributed by atoms with Crippen LogP contribution in [0.4, 0.5) is 4.39 Å². The molecule has 2 N–H and O–H groups in total. The maximum absolute atomic E-state index is 13.6. The third kappa shape index (κ3) is 4.62. The Bertz CT molecular complexity index is 382. The lowest BCUT2D eigenvalue weighted by molar-refractivity contribution is 0.0101. The minimum absolute atomic E-state index is 0.138. The van der Waals surface area contributed by atoms with Gasteiger partial charge < -0.3 is 10.5 Å². The van der Waals surface area contributed by atoms with Gasteiger partial charge in [-0.1, -0.05) is 17.7 Å². The standard InChI is InChI=1S/C13H19ClFNO/c1-13(2,17-3)8-11(16)6-9-4-5-10(14)7-12(9)15/h4-5,7,11H,6,8,16H2,1-3H3. The highest BCUT2D eigenvalue weighted by atomic mass is 35.5. The van der Waals surface area contributed by atoms with Crippen molar-refractivity contribution in [3.05, 3.63) is 34.6 Å². The van der Waals surface area contributed by atoms with E-state index < -0.39 is 0 Å². The van der Waals surface area contributed by atoms with E-state index in [9.17, 15) is 4.39 Å². The molecule has 1 aromatic carbocycles. The van der Waals surface area contributed by atoms with Crippen molar-refractivity contribution in [1.29, 1.82) is 0 Å². The molecule has 0 aliphatic rings. The summed E-state index contributed by atoms with van der Waals surface area (Å²) in [6.07, 6.45) is 1.15. The van der Waals surface area contributed by atoms with E-state index in [1.165, 1.54) is 6.07 Å². The summed E-state index contributed by atoms with van der Waals surface area (Å²) in [4.78, 5) is 0. The molecule has 0 aliphatic carbocycles. The van der Waals surface area contributed by atoms with Crippen molar-refractivity contribution in [3.8, 4) is 0 Å². The Morgan fingerprint density at radius 2 is 2.12 bits per heavy atom. The molecule has 0 heterocycles. The molecule has 1 rings (SSSR count). The van der Waals surface area contributed by atoms with Gasteiger partial charge in [0.25, 0.3) is 0 Å². The number of rotatable bonds is 5. The summed E-state index contributed by atoms with van der Waals surface area (Å²) in [7, 11) is 1.65. The fourth-order valence-corrected chi connectivity index (χ4v) is 1.92. The Labute approximate surface area is 107 Å². The summed E-state index contributed by atoms with van der Waals surface area (Å²) in [5.41, 5.74) is 6.30. The van der Waals surface area contributed by atoms with Gasteiger partial charge in [-0.2, -0.15) is 0 Å². The van der Waals surface area contributed by atoms with Gasteiger partial charge in [-0.05, 0) is 44.4 Å². The number of methoxy groups -OCH3 is 1. The molecule has 0 fully saturated rings. The molecule has 17 heavy (non-hydrogen) atoms. The summed E-state index contributed by atoms with van der Waals surface area (Å²) in [6.45, 7) is 3.93. The maximum Gasteiger partial charge on any atom is 0.127 e. The molecule has 0 saturated carbocycles. The third-order valence-electron chi connectivity index (χ3n) is 2.80. The average molecular weight is 260 g/mol. The van der Waals surface area contributed by atoms with Crippen LogP contribution in [0, 0.1) is 5.82 Å². The number of hydrogen-bond donors (Lipinski definition) is 1. The smallest absolute Gasteiger partial charge is 0.127 e. The molecule has 1 atom stereocenters. The second kappa shape index (κ2) is 5.80. The van der Waals surface area contributed by atoms with Gasteiger partial charge >= 0.3 is 0 Å². The van der Waals surface area contributed by atoms with Crippen molar-refractivity contribution in [2.45, 2.75) is 38.3 Å². The zero-order valence-corrected chi connectivity index (χ0v) is 11.2. The summed E-state index contributed by atoms with van der Waals surface area (Å²) in [5.74, 6) is -0.303. The van der Waals surface area contributed by atoms with Crippen LogP contribution in [0.15, 0.2) is 18.2 Å². The van der Waals surface area contributed by atoms with Crippen LogP contribution in [0.25, 0.3) is 0 Å². The topological polar surface area (TPSA) is 35.2 Å². The van der Waals surface area contributed by atoms with E-state index in [1.807, 2.05) is 13.8 Å². The Kier molecular flexibility index (Phi) is 4.92. The Morgan fingerprint density at radius 1 is 1.47 bits per heavy atom. The molecule has 0 radical (unpaired) electrons. The number of benzene rings is 1. The first-order chi connectivity index (χ1) is 7.84. The summed E-state index contributed by atoms with van der Waals surface area (Å²) in [6, 6.07) is 4.52. The van der Waals surface area contributed by atoms with Crippen LogP contribution in [-0.4, -0.2) is 18.8 Å². The van der Waals surface area contributed by atoms with Crippen molar-refractivity contribution in [2.24, 2.45) is 5.73 Å². The van der Waals surface area contributed by atoms with E-state index in [2.05, 4.69) is 0 Å². The summed E-state index contributed by atoms with van der Waals surface area (Å²) < 4.78 is 18.9. The predicted octanol–water partition coefficient (Wildman–Crippen LogP) is 3.16.